The minimum Gasteiger partial charge on any atom is -0.350 e. The summed E-state index contributed by atoms with van der Waals surface area (Å²) in [6.07, 6.45) is 0. The monoisotopic (exact) mass is 258 g/mol. The zero-order valence-corrected chi connectivity index (χ0v) is 9.39. The number of nitrogens with two attached hydrogens (primary N) is 4. The second kappa shape index (κ2) is 4.87. The molecule has 0 unspecified atom stereocenters. The molecule has 0 saturated carbocycles. The molecule has 92 valence electrons. The summed E-state index contributed by atoms with van der Waals surface area (Å²) in [7, 11) is 0. The molecule has 0 atom stereocenters. The third-order valence-corrected chi connectivity index (χ3v) is 2.25. The number of rotatable bonds is 2. The SMILES string of the molecule is NC(=O)N(N)c1ccc(N(N)C(N)=O)c(Cl)c1. The van der Waals surface area contributed by atoms with Gasteiger partial charge < -0.3 is 11.5 Å². The lowest BCUT2D eigenvalue weighted by Crippen LogP contribution is -2.42. The van der Waals surface area contributed by atoms with Crippen molar-refractivity contribution in [1.29, 1.82) is 0 Å². The Morgan fingerprint density at radius 3 is 2.00 bits per heavy atom. The van der Waals surface area contributed by atoms with Crippen LogP contribution in [0.15, 0.2) is 18.2 Å². The summed E-state index contributed by atoms with van der Waals surface area (Å²) in [6.45, 7) is 0. The lowest BCUT2D eigenvalue weighted by molar-refractivity contribution is 0.253. The molecular weight excluding hydrogens is 248 g/mol. The molecule has 8 nitrogen and oxygen atoms in total. The van der Waals surface area contributed by atoms with Crippen LogP contribution in [-0.4, -0.2) is 12.1 Å². The van der Waals surface area contributed by atoms with E-state index in [1.165, 1.54) is 18.2 Å². The molecule has 8 N–H and O–H groups in total. The zero-order chi connectivity index (χ0) is 13.2. The van der Waals surface area contributed by atoms with Gasteiger partial charge in [0.05, 0.1) is 16.4 Å². The predicted octanol–water partition coefficient (Wildman–Crippen LogP) is -0.142. The Morgan fingerprint density at radius 2 is 1.59 bits per heavy atom. The van der Waals surface area contributed by atoms with Gasteiger partial charge in [0.25, 0.3) is 0 Å². The number of nitrogens with zero attached hydrogens (tertiary/aromatic N) is 2. The molecular formula is C8H11ClN6O2. The lowest BCUT2D eigenvalue weighted by atomic mass is 10.2. The van der Waals surface area contributed by atoms with E-state index in [1.807, 2.05) is 0 Å². The van der Waals surface area contributed by atoms with Gasteiger partial charge in [-0.3, -0.25) is 0 Å². The van der Waals surface area contributed by atoms with Gasteiger partial charge in [-0.25, -0.2) is 31.3 Å². The topological polar surface area (TPSA) is 145 Å². The number of carbonyl (C=O) groups excluding carboxylic acids is 2. The van der Waals surface area contributed by atoms with Gasteiger partial charge in [0.15, 0.2) is 0 Å². The molecule has 0 aliphatic rings. The van der Waals surface area contributed by atoms with E-state index in [4.69, 9.17) is 34.8 Å². The van der Waals surface area contributed by atoms with Crippen molar-refractivity contribution in [3.8, 4) is 0 Å². The normalized spacial score (nSPS) is 9.82. The fourth-order valence-corrected chi connectivity index (χ4v) is 1.35. The molecule has 0 radical (unpaired) electrons. The Labute approximate surface area is 102 Å². The fourth-order valence-electron chi connectivity index (χ4n) is 1.09. The molecule has 0 fully saturated rings. The van der Waals surface area contributed by atoms with Gasteiger partial charge >= 0.3 is 12.1 Å². The maximum Gasteiger partial charge on any atom is 0.333 e. The second-order valence-electron chi connectivity index (χ2n) is 3.05. The summed E-state index contributed by atoms with van der Waals surface area (Å²) in [4.78, 5) is 21.6. The Balaban J connectivity index is 3.10. The van der Waals surface area contributed by atoms with Gasteiger partial charge in [0.2, 0.25) is 0 Å². The Bertz CT molecular complexity index is 465. The molecule has 0 bridgehead atoms. The van der Waals surface area contributed by atoms with Crippen molar-refractivity contribution in [2.24, 2.45) is 23.2 Å². The fraction of sp³-hybridized carbons (Fsp3) is 0. The van der Waals surface area contributed by atoms with E-state index >= 15 is 0 Å². The smallest absolute Gasteiger partial charge is 0.333 e. The van der Waals surface area contributed by atoms with E-state index in [0.717, 1.165) is 0 Å². The lowest BCUT2D eigenvalue weighted by Gasteiger charge is -2.18. The number of hydrogen-bond acceptors (Lipinski definition) is 4. The summed E-state index contributed by atoms with van der Waals surface area (Å²) in [6, 6.07) is 2.39. The summed E-state index contributed by atoms with van der Waals surface area (Å²) in [5.41, 5.74) is 10.4. The molecule has 1 aromatic rings. The van der Waals surface area contributed by atoms with Crippen LogP contribution in [0.4, 0.5) is 21.0 Å². The number of hydrazine groups is 2. The predicted molar refractivity (Wildman–Crippen MR) is 64.0 cm³/mol. The van der Waals surface area contributed by atoms with Crippen LogP contribution < -0.4 is 33.2 Å². The molecule has 0 aromatic heterocycles. The number of hydrogen-bond donors (Lipinski definition) is 4. The van der Waals surface area contributed by atoms with Crippen molar-refractivity contribution < 1.29 is 9.59 Å². The van der Waals surface area contributed by atoms with Crippen LogP contribution in [0.5, 0.6) is 0 Å². The van der Waals surface area contributed by atoms with Crippen LogP contribution in [0.3, 0.4) is 0 Å². The van der Waals surface area contributed by atoms with E-state index in [0.29, 0.717) is 10.0 Å². The molecule has 1 aromatic carbocycles. The Hall–Kier alpha value is -2.03. The Kier molecular flexibility index (Phi) is 3.73. The van der Waals surface area contributed by atoms with Crippen molar-refractivity contribution in [3.63, 3.8) is 0 Å². The van der Waals surface area contributed by atoms with Gasteiger partial charge in [-0.1, -0.05) is 11.6 Å². The summed E-state index contributed by atoms with van der Waals surface area (Å²) in [5, 5.41) is 1.46. The molecule has 0 heterocycles. The van der Waals surface area contributed by atoms with Crippen LogP contribution in [0.1, 0.15) is 0 Å². The van der Waals surface area contributed by atoms with Crippen molar-refractivity contribution in [1.82, 2.24) is 0 Å². The standard InChI is InChI=1S/C8H11ClN6O2/c9-5-3-4(14(12)7(10)16)1-2-6(5)15(13)8(11)17/h1-3H,12-13H2,(H2,10,16)(H2,11,17). The molecule has 0 aliphatic carbocycles. The first-order chi connectivity index (χ1) is 7.84. The molecule has 0 spiro atoms. The molecule has 9 heteroatoms. The first kappa shape index (κ1) is 13.0. The van der Waals surface area contributed by atoms with E-state index in [2.05, 4.69) is 0 Å². The van der Waals surface area contributed by atoms with Crippen LogP contribution in [0.2, 0.25) is 5.02 Å². The van der Waals surface area contributed by atoms with Crippen molar-refractivity contribution in [2.75, 3.05) is 10.0 Å². The maximum atomic E-state index is 10.8. The van der Waals surface area contributed by atoms with E-state index in [-0.39, 0.29) is 16.4 Å². The third kappa shape index (κ3) is 2.75. The first-order valence-corrected chi connectivity index (χ1v) is 4.70. The minimum absolute atomic E-state index is 0.0977. The molecule has 0 aliphatic heterocycles. The van der Waals surface area contributed by atoms with E-state index in [1.54, 1.807) is 0 Å². The highest BCUT2D eigenvalue weighted by atomic mass is 35.5. The van der Waals surface area contributed by atoms with Crippen LogP contribution >= 0.6 is 11.6 Å². The van der Waals surface area contributed by atoms with Gasteiger partial charge in [0, 0.05) is 0 Å². The average molecular weight is 259 g/mol. The van der Waals surface area contributed by atoms with Crippen molar-refractivity contribution in [2.45, 2.75) is 0 Å². The van der Waals surface area contributed by atoms with Crippen LogP contribution in [0.25, 0.3) is 0 Å². The zero-order valence-electron chi connectivity index (χ0n) is 8.63. The number of urea groups is 2. The number of benzene rings is 1. The van der Waals surface area contributed by atoms with Gasteiger partial charge in [-0.15, -0.1) is 0 Å². The quantitative estimate of drug-likeness (QED) is 0.332. The summed E-state index contributed by atoms with van der Waals surface area (Å²) < 4.78 is 0. The molecule has 0 saturated heterocycles. The molecule has 4 amide bonds. The number of carbonyl (C=O) groups is 2. The second-order valence-corrected chi connectivity index (χ2v) is 3.46. The molecule has 17 heavy (non-hydrogen) atoms. The minimum atomic E-state index is -0.876. The average Bonchev–Trinajstić information content (AvgIpc) is 2.26. The highest BCUT2D eigenvalue weighted by Gasteiger charge is 2.14. The van der Waals surface area contributed by atoms with E-state index < -0.39 is 12.1 Å². The number of amides is 4. The van der Waals surface area contributed by atoms with Gasteiger partial charge in [0.1, 0.15) is 0 Å². The highest BCUT2D eigenvalue weighted by Crippen LogP contribution is 2.28. The number of primary amides is 2. The Morgan fingerprint density at radius 1 is 1.06 bits per heavy atom. The number of anilines is 2. The van der Waals surface area contributed by atoms with Crippen molar-refractivity contribution >= 4 is 35.0 Å². The molecule has 1 rings (SSSR count). The van der Waals surface area contributed by atoms with Gasteiger partial charge in [-0.05, 0) is 18.2 Å². The summed E-state index contributed by atoms with van der Waals surface area (Å²) in [5.74, 6) is 10.7. The summed E-state index contributed by atoms with van der Waals surface area (Å²) >= 11 is 5.85. The number of halogens is 1. The third-order valence-electron chi connectivity index (χ3n) is 1.94. The van der Waals surface area contributed by atoms with Crippen LogP contribution in [-0.2, 0) is 0 Å². The van der Waals surface area contributed by atoms with E-state index in [9.17, 15) is 9.59 Å². The highest BCUT2D eigenvalue weighted by molar-refractivity contribution is 6.34. The maximum absolute atomic E-state index is 10.8. The van der Waals surface area contributed by atoms with Gasteiger partial charge in [-0.2, -0.15) is 0 Å². The first-order valence-electron chi connectivity index (χ1n) is 4.32. The largest absolute Gasteiger partial charge is 0.350 e. The van der Waals surface area contributed by atoms with Crippen molar-refractivity contribution in [3.05, 3.63) is 23.2 Å². The van der Waals surface area contributed by atoms with Crippen LogP contribution in [0, 0.1) is 0 Å².